The van der Waals surface area contributed by atoms with Crippen molar-refractivity contribution >= 4 is 22.1 Å². The average Bonchev–Trinajstić information content (AvgIpc) is 3.39. The molecule has 0 radical (unpaired) electrons. The lowest BCUT2D eigenvalue weighted by molar-refractivity contribution is 0.534. The maximum Gasteiger partial charge on any atom is 0.103 e. The van der Waals surface area contributed by atoms with Gasteiger partial charge in [-0.05, 0) is 68.1 Å². The number of nitrogens with one attached hydrogen (secondary N) is 2. The first kappa shape index (κ1) is 22.4. The van der Waals surface area contributed by atoms with Crippen molar-refractivity contribution in [1.29, 1.82) is 5.26 Å². The first-order valence-electron chi connectivity index (χ1n) is 12.0. The fraction of sp³-hybridized carbons (Fsp3) is 0.414. The van der Waals surface area contributed by atoms with Gasteiger partial charge in [0.25, 0.3) is 0 Å². The summed E-state index contributed by atoms with van der Waals surface area (Å²) < 4.78 is 0. The highest BCUT2D eigenvalue weighted by Crippen LogP contribution is 2.36. The van der Waals surface area contributed by atoms with E-state index in [1.54, 1.807) is 0 Å². The Morgan fingerprint density at radius 1 is 0.735 bits per heavy atom. The second-order valence-electron chi connectivity index (χ2n) is 11.3. The van der Waals surface area contributed by atoms with Crippen LogP contribution in [0.2, 0.25) is 0 Å². The van der Waals surface area contributed by atoms with Crippen LogP contribution < -0.4 is 0 Å². The summed E-state index contributed by atoms with van der Waals surface area (Å²) in [4.78, 5) is 17.3. The van der Waals surface area contributed by atoms with Crippen LogP contribution in [-0.4, -0.2) is 19.9 Å². The van der Waals surface area contributed by atoms with Gasteiger partial charge in [0.2, 0.25) is 0 Å². The van der Waals surface area contributed by atoms with E-state index in [2.05, 4.69) is 89.6 Å². The zero-order valence-electron chi connectivity index (χ0n) is 21.5. The molecule has 34 heavy (non-hydrogen) atoms. The number of aryl methyl sites for hydroxylation is 4. The Morgan fingerprint density at radius 2 is 1.29 bits per heavy atom. The van der Waals surface area contributed by atoms with Crippen LogP contribution >= 0.6 is 0 Å². The fourth-order valence-corrected chi connectivity index (χ4v) is 5.25. The van der Waals surface area contributed by atoms with E-state index in [1.165, 1.54) is 11.1 Å². The molecule has 5 nitrogen and oxygen atoms in total. The lowest BCUT2D eigenvalue weighted by Gasteiger charge is -2.17. The molecule has 2 aliphatic rings. The number of H-pyrrole nitrogens is 2. The number of rotatable bonds is 0. The molecule has 0 amide bonds. The number of hydrogen-bond donors (Lipinski definition) is 2. The minimum absolute atomic E-state index is 0.0590. The fourth-order valence-electron chi connectivity index (χ4n) is 5.25. The summed E-state index contributed by atoms with van der Waals surface area (Å²) >= 11 is 0. The van der Waals surface area contributed by atoms with Gasteiger partial charge in [0, 0.05) is 57.3 Å². The highest BCUT2D eigenvalue weighted by Gasteiger charge is 2.33. The first-order valence-corrected chi connectivity index (χ1v) is 12.0. The van der Waals surface area contributed by atoms with Gasteiger partial charge >= 0.3 is 0 Å². The maximum absolute atomic E-state index is 10.2. The van der Waals surface area contributed by atoms with E-state index in [9.17, 15) is 5.26 Å². The van der Waals surface area contributed by atoms with Crippen LogP contribution in [0.15, 0.2) is 18.2 Å². The van der Waals surface area contributed by atoms with E-state index in [0.29, 0.717) is 5.56 Å². The van der Waals surface area contributed by atoms with Crippen LogP contribution in [0.4, 0.5) is 0 Å². The zero-order valence-corrected chi connectivity index (χ0v) is 21.5. The number of hydrogen-bond acceptors (Lipinski definition) is 3. The lowest BCUT2D eigenvalue weighted by atomic mass is 9.84. The third-order valence-electron chi connectivity index (χ3n) is 7.90. The van der Waals surface area contributed by atoms with Crippen LogP contribution in [-0.2, 0) is 23.7 Å². The van der Waals surface area contributed by atoms with Crippen molar-refractivity contribution in [2.75, 3.05) is 0 Å². The van der Waals surface area contributed by atoms with E-state index in [4.69, 9.17) is 9.97 Å². The molecule has 0 saturated heterocycles. The summed E-state index contributed by atoms with van der Waals surface area (Å²) in [7, 11) is 0. The average molecular weight is 452 g/mol. The number of nitrogens with zero attached hydrogens (tertiary/aromatic N) is 3. The standard InChI is InChI=1S/C29H33N5/c1-15-16(2)23-11-26-28(5,6)12-19(31-26)9-25-29(7,8)13-24(33-25)20(14-30)27-18(4)17(3)22(34-27)10-21(15)32-23/h9-11,32,34H,12-13H2,1-8H3. The number of aromatic amines is 2. The van der Waals surface area contributed by atoms with Gasteiger partial charge in [-0.25, -0.2) is 0 Å². The van der Waals surface area contributed by atoms with Gasteiger partial charge in [-0.3, -0.25) is 9.97 Å². The summed E-state index contributed by atoms with van der Waals surface area (Å²) in [5, 5.41) is 10.2. The van der Waals surface area contributed by atoms with E-state index in [1.807, 2.05) is 0 Å². The third-order valence-corrected chi connectivity index (χ3v) is 7.90. The highest BCUT2D eigenvalue weighted by atomic mass is 14.8. The molecule has 2 N–H and O–H groups in total. The predicted molar refractivity (Wildman–Crippen MR) is 138 cm³/mol. The smallest absolute Gasteiger partial charge is 0.103 e. The van der Waals surface area contributed by atoms with E-state index < -0.39 is 0 Å². The molecule has 0 saturated carbocycles. The molecule has 174 valence electrons. The van der Waals surface area contributed by atoms with Crippen LogP contribution in [0.5, 0.6) is 0 Å². The Morgan fingerprint density at radius 3 is 1.97 bits per heavy atom. The molecule has 8 bridgehead atoms. The molecular formula is C29H33N5. The van der Waals surface area contributed by atoms with Gasteiger partial charge < -0.3 is 9.97 Å². The Bertz CT molecular complexity index is 1550. The van der Waals surface area contributed by atoms with Crippen LogP contribution in [0.25, 0.3) is 22.1 Å². The molecule has 0 fully saturated rings. The van der Waals surface area contributed by atoms with Gasteiger partial charge in [-0.1, -0.05) is 27.7 Å². The van der Waals surface area contributed by atoms with Gasteiger partial charge in [-0.2, -0.15) is 5.26 Å². The third kappa shape index (κ3) is 3.36. The van der Waals surface area contributed by atoms with Crippen molar-refractivity contribution in [1.82, 2.24) is 19.9 Å². The quantitative estimate of drug-likeness (QED) is 0.411. The zero-order chi connectivity index (χ0) is 24.6. The Labute approximate surface area is 201 Å². The highest BCUT2D eigenvalue weighted by molar-refractivity contribution is 5.80. The minimum Gasteiger partial charge on any atom is -0.355 e. The topological polar surface area (TPSA) is 81.2 Å². The normalized spacial score (nSPS) is 16.4. The molecule has 0 spiro atoms. The van der Waals surface area contributed by atoms with Crippen molar-refractivity contribution in [3.8, 4) is 6.07 Å². The van der Waals surface area contributed by atoms with Gasteiger partial charge in [0.15, 0.2) is 0 Å². The summed E-state index contributed by atoms with van der Waals surface area (Å²) in [5.41, 5.74) is 13.2. The van der Waals surface area contributed by atoms with Gasteiger partial charge in [0.05, 0.1) is 16.8 Å². The molecule has 0 aromatic carbocycles. The van der Waals surface area contributed by atoms with Crippen molar-refractivity contribution in [2.45, 2.75) is 79.1 Å². The molecule has 3 aromatic rings. The molecule has 5 heteroatoms. The number of fused-ring (bicyclic) bond motifs is 8. The SMILES string of the molecule is Cc1c(C)c2cc3[nH]c(c(C)c3C)c(C#N)c3nc(cc4nc(cc1[nH]2)C(C)(C)C4)C(C)(C)C3. The molecule has 3 aromatic heterocycles. The monoisotopic (exact) mass is 451 g/mol. The molecule has 0 aliphatic carbocycles. The van der Waals surface area contributed by atoms with Crippen molar-refractivity contribution < 1.29 is 0 Å². The number of nitriles is 1. The van der Waals surface area contributed by atoms with E-state index >= 15 is 0 Å². The summed E-state index contributed by atoms with van der Waals surface area (Å²) in [6, 6.07) is 9.00. The molecule has 5 rings (SSSR count). The summed E-state index contributed by atoms with van der Waals surface area (Å²) in [5.74, 6) is 0. The minimum atomic E-state index is -0.156. The van der Waals surface area contributed by atoms with Gasteiger partial charge in [-0.15, -0.1) is 0 Å². The Kier molecular flexibility index (Phi) is 4.81. The molecule has 0 unspecified atom stereocenters. The van der Waals surface area contributed by atoms with Crippen molar-refractivity contribution in [2.24, 2.45) is 0 Å². The van der Waals surface area contributed by atoms with Crippen molar-refractivity contribution in [3.05, 3.63) is 68.8 Å². The van der Waals surface area contributed by atoms with E-state index in [0.717, 1.165) is 68.8 Å². The van der Waals surface area contributed by atoms with Crippen LogP contribution in [0, 0.1) is 39.0 Å². The summed E-state index contributed by atoms with van der Waals surface area (Å²) in [6.07, 6.45) is 1.60. The summed E-state index contributed by atoms with van der Waals surface area (Å²) in [6.45, 7) is 17.4. The first-order chi connectivity index (χ1) is 15.9. The maximum atomic E-state index is 10.2. The second-order valence-corrected chi connectivity index (χ2v) is 11.3. The number of aromatic nitrogens is 4. The predicted octanol–water partition coefficient (Wildman–Crippen LogP) is 6.46. The lowest BCUT2D eigenvalue weighted by Crippen LogP contribution is -2.16. The Hall–Kier alpha value is -3.39. The van der Waals surface area contributed by atoms with Gasteiger partial charge in [0.1, 0.15) is 6.07 Å². The molecule has 2 aliphatic heterocycles. The second kappa shape index (κ2) is 7.30. The van der Waals surface area contributed by atoms with Crippen LogP contribution in [0.3, 0.4) is 0 Å². The molecule has 0 atom stereocenters. The molecule has 5 heterocycles. The Balaban J connectivity index is 2.01. The molecular weight excluding hydrogens is 418 g/mol. The van der Waals surface area contributed by atoms with Crippen molar-refractivity contribution in [3.63, 3.8) is 0 Å². The van der Waals surface area contributed by atoms with Crippen LogP contribution in [0.1, 0.15) is 78.3 Å². The van der Waals surface area contributed by atoms with E-state index in [-0.39, 0.29) is 10.8 Å². The largest absolute Gasteiger partial charge is 0.355 e.